The number of fused-ring (bicyclic) bond motifs is 1. The van der Waals surface area contributed by atoms with E-state index in [1.54, 1.807) is 18.5 Å². The average molecular weight is 354 g/mol. The number of nitro groups is 1. The first-order chi connectivity index (χ1) is 12.6. The molecule has 132 valence electrons. The molecule has 0 amide bonds. The smallest absolute Gasteiger partial charge is 0.269 e. The van der Waals surface area contributed by atoms with E-state index in [9.17, 15) is 14.5 Å². The van der Waals surface area contributed by atoms with Crippen LogP contribution in [0.3, 0.4) is 0 Å². The lowest BCUT2D eigenvalue weighted by molar-refractivity contribution is -0.385. The lowest BCUT2D eigenvalue weighted by atomic mass is 10.1. The molecule has 0 bridgehead atoms. The third-order valence-corrected chi connectivity index (χ3v) is 4.39. The maximum absolute atomic E-state index is 14.0. The summed E-state index contributed by atoms with van der Waals surface area (Å²) in [5.74, 6) is 0.728. The number of aromatic nitrogens is 2. The molecule has 0 unspecified atom stereocenters. The Morgan fingerprint density at radius 2 is 2.23 bits per heavy atom. The van der Waals surface area contributed by atoms with Gasteiger partial charge in [0.05, 0.1) is 16.9 Å². The third kappa shape index (κ3) is 3.18. The van der Waals surface area contributed by atoms with Crippen LogP contribution in [0.1, 0.15) is 16.8 Å². The minimum absolute atomic E-state index is 0.106. The molecule has 0 N–H and O–H groups in total. The molecule has 4 rings (SSSR count). The molecule has 0 fully saturated rings. The van der Waals surface area contributed by atoms with Crippen LogP contribution in [-0.4, -0.2) is 26.3 Å². The summed E-state index contributed by atoms with van der Waals surface area (Å²) in [7, 11) is 0. The molecule has 0 saturated heterocycles. The molecule has 2 aromatic heterocycles. The SMILES string of the molecule is O=[N+]([O-])c1ccc(F)c(CN2CCc3nc(-c4ccco4)ncc3C2)c1. The van der Waals surface area contributed by atoms with E-state index < -0.39 is 10.7 Å². The van der Waals surface area contributed by atoms with Crippen LogP contribution in [0.4, 0.5) is 10.1 Å². The molecule has 0 aliphatic carbocycles. The van der Waals surface area contributed by atoms with Crippen LogP contribution in [0.15, 0.2) is 47.2 Å². The second kappa shape index (κ2) is 6.64. The normalized spacial score (nSPS) is 14.2. The van der Waals surface area contributed by atoms with Crippen molar-refractivity contribution in [3.05, 3.63) is 75.5 Å². The topological polar surface area (TPSA) is 85.3 Å². The first-order valence-electron chi connectivity index (χ1n) is 8.14. The van der Waals surface area contributed by atoms with Gasteiger partial charge in [-0.3, -0.25) is 15.0 Å². The van der Waals surface area contributed by atoms with Crippen molar-refractivity contribution in [2.75, 3.05) is 6.54 Å². The van der Waals surface area contributed by atoms with Gasteiger partial charge in [0.15, 0.2) is 11.6 Å². The maximum atomic E-state index is 14.0. The van der Waals surface area contributed by atoms with E-state index in [0.717, 1.165) is 17.3 Å². The van der Waals surface area contributed by atoms with Crippen molar-refractivity contribution in [1.82, 2.24) is 14.9 Å². The van der Waals surface area contributed by atoms with Gasteiger partial charge in [-0.05, 0) is 18.2 Å². The molecular weight excluding hydrogens is 339 g/mol. The maximum Gasteiger partial charge on any atom is 0.269 e. The van der Waals surface area contributed by atoms with E-state index in [1.165, 1.54) is 12.1 Å². The molecule has 0 atom stereocenters. The largest absolute Gasteiger partial charge is 0.461 e. The molecule has 0 radical (unpaired) electrons. The van der Waals surface area contributed by atoms with Crippen molar-refractivity contribution < 1.29 is 13.7 Å². The van der Waals surface area contributed by atoms with Gasteiger partial charge < -0.3 is 4.42 Å². The Bertz CT molecular complexity index is 959. The Balaban J connectivity index is 1.52. The zero-order valence-corrected chi connectivity index (χ0v) is 13.8. The second-order valence-corrected chi connectivity index (χ2v) is 6.14. The molecule has 1 aromatic carbocycles. The van der Waals surface area contributed by atoms with Crippen LogP contribution in [0.25, 0.3) is 11.6 Å². The standard InChI is InChI=1S/C18H15FN4O3/c19-15-4-3-14(23(24)25)8-12(15)10-22-6-5-16-13(11-22)9-20-18(21-16)17-2-1-7-26-17/h1-4,7-9H,5-6,10-11H2. The quantitative estimate of drug-likeness (QED) is 0.528. The number of hydrogen-bond donors (Lipinski definition) is 0. The molecule has 0 saturated carbocycles. The van der Waals surface area contributed by atoms with Gasteiger partial charge in [-0.15, -0.1) is 0 Å². The molecule has 7 nitrogen and oxygen atoms in total. The van der Waals surface area contributed by atoms with Crippen LogP contribution < -0.4 is 0 Å². The number of nitro benzene ring substituents is 1. The summed E-state index contributed by atoms with van der Waals surface area (Å²) in [6.45, 7) is 1.55. The minimum Gasteiger partial charge on any atom is -0.461 e. The highest BCUT2D eigenvalue weighted by Crippen LogP contribution is 2.24. The fourth-order valence-corrected chi connectivity index (χ4v) is 3.07. The van der Waals surface area contributed by atoms with Gasteiger partial charge in [0.2, 0.25) is 0 Å². The average Bonchev–Trinajstić information content (AvgIpc) is 3.17. The third-order valence-electron chi connectivity index (χ3n) is 4.39. The van der Waals surface area contributed by atoms with Gasteiger partial charge in [0, 0.05) is 55.5 Å². The van der Waals surface area contributed by atoms with E-state index in [2.05, 4.69) is 9.97 Å². The number of benzene rings is 1. The first kappa shape index (κ1) is 16.3. The van der Waals surface area contributed by atoms with Crippen molar-refractivity contribution in [2.24, 2.45) is 0 Å². The van der Waals surface area contributed by atoms with Crippen molar-refractivity contribution in [1.29, 1.82) is 0 Å². The van der Waals surface area contributed by atoms with Gasteiger partial charge in [-0.2, -0.15) is 0 Å². The Labute approximate surface area is 148 Å². The van der Waals surface area contributed by atoms with Crippen LogP contribution in [0.5, 0.6) is 0 Å². The molecule has 0 spiro atoms. The number of halogens is 1. The van der Waals surface area contributed by atoms with Gasteiger partial charge in [0.1, 0.15) is 5.82 Å². The van der Waals surface area contributed by atoms with Crippen molar-refractivity contribution in [3.63, 3.8) is 0 Å². The van der Waals surface area contributed by atoms with E-state index in [-0.39, 0.29) is 5.69 Å². The summed E-state index contributed by atoms with van der Waals surface area (Å²) in [6, 6.07) is 7.20. The summed E-state index contributed by atoms with van der Waals surface area (Å²) in [5.41, 5.74) is 2.13. The molecule has 1 aliphatic rings. The predicted molar refractivity (Wildman–Crippen MR) is 90.6 cm³/mol. The highest BCUT2D eigenvalue weighted by molar-refractivity contribution is 5.47. The van der Waals surface area contributed by atoms with Crippen molar-refractivity contribution >= 4 is 5.69 Å². The number of rotatable bonds is 4. The van der Waals surface area contributed by atoms with Crippen LogP contribution in [-0.2, 0) is 19.5 Å². The molecule has 8 heteroatoms. The van der Waals surface area contributed by atoms with Crippen LogP contribution in [0, 0.1) is 15.9 Å². The first-order valence-corrected chi connectivity index (χ1v) is 8.14. The van der Waals surface area contributed by atoms with Gasteiger partial charge in [-0.1, -0.05) is 0 Å². The Morgan fingerprint density at radius 1 is 1.35 bits per heavy atom. The summed E-state index contributed by atoms with van der Waals surface area (Å²) >= 11 is 0. The summed E-state index contributed by atoms with van der Waals surface area (Å²) in [6.07, 6.45) is 4.03. The lowest BCUT2D eigenvalue weighted by Gasteiger charge is -2.28. The van der Waals surface area contributed by atoms with E-state index in [0.29, 0.717) is 43.2 Å². The van der Waals surface area contributed by atoms with Crippen molar-refractivity contribution in [2.45, 2.75) is 19.5 Å². The fourth-order valence-electron chi connectivity index (χ4n) is 3.07. The number of furan rings is 1. The summed E-state index contributed by atoms with van der Waals surface area (Å²) < 4.78 is 19.3. The zero-order valence-electron chi connectivity index (χ0n) is 13.8. The molecule has 3 aromatic rings. The lowest BCUT2D eigenvalue weighted by Crippen LogP contribution is -2.31. The molecule has 3 heterocycles. The number of nitrogens with zero attached hydrogens (tertiary/aromatic N) is 4. The van der Waals surface area contributed by atoms with Crippen LogP contribution >= 0.6 is 0 Å². The van der Waals surface area contributed by atoms with Gasteiger partial charge in [0.25, 0.3) is 5.69 Å². The minimum atomic E-state index is -0.515. The highest BCUT2D eigenvalue weighted by Gasteiger charge is 2.21. The number of non-ortho nitro benzene ring substituents is 1. The predicted octanol–water partition coefficient (Wildman–Crippen LogP) is 3.34. The van der Waals surface area contributed by atoms with Crippen LogP contribution in [0.2, 0.25) is 0 Å². The Hall–Kier alpha value is -3.13. The van der Waals surface area contributed by atoms with E-state index in [1.807, 2.05) is 11.0 Å². The van der Waals surface area contributed by atoms with Gasteiger partial charge >= 0.3 is 0 Å². The Kier molecular flexibility index (Phi) is 4.18. The highest BCUT2D eigenvalue weighted by atomic mass is 19.1. The second-order valence-electron chi connectivity index (χ2n) is 6.14. The number of hydrogen-bond acceptors (Lipinski definition) is 6. The zero-order chi connectivity index (χ0) is 18.1. The molecule has 1 aliphatic heterocycles. The van der Waals surface area contributed by atoms with E-state index in [4.69, 9.17) is 4.42 Å². The summed E-state index contributed by atoms with van der Waals surface area (Å²) in [5, 5.41) is 10.9. The molecular formula is C18H15FN4O3. The van der Waals surface area contributed by atoms with Gasteiger partial charge in [-0.25, -0.2) is 14.4 Å². The monoisotopic (exact) mass is 354 g/mol. The Morgan fingerprint density at radius 3 is 3.00 bits per heavy atom. The fraction of sp³-hybridized carbons (Fsp3) is 0.222. The molecule has 26 heavy (non-hydrogen) atoms. The van der Waals surface area contributed by atoms with Crippen molar-refractivity contribution in [3.8, 4) is 11.6 Å². The summed E-state index contributed by atoms with van der Waals surface area (Å²) in [4.78, 5) is 21.3. The van der Waals surface area contributed by atoms with E-state index >= 15 is 0 Å².